The molecule has 0 bridgehead atoms. The number of ether oxygens (including phenoxy) is 2. The van der Waals surface area contributed by atoms with Gasteiger partial charge in [-0.05, 0) is 46.7 Å². The second-order valence-corrected chi connectivity index (χ2v) is 9.15. The number of hydrogen-bond acceptors (Lipinski definition) is 5. The first kappa shape index (κ1) is 21.3. The molecule has 1 saturated heterocycles. The Bertz CT molecular complexity index is 1200. The topological polar surface area (TPSA) is 84.9 Å². The Morgan fingerprint density at radius 1 is 1.03 bits per heavy atom. The zero-order valence-electron chi connectivity index (χ0n) is 17.2. The molecule has 3 aromatic carbocycles. The molecule has 1 fully saturated rings. The van der Waals surface area contributed by atoms with Crippen LogP contribution in [-0.4, -0.2) is 52.0 Å². The normalized spacial score (nSPS) is 15.0. The van der Waals surface area contributed by atoms with Gasteiger partial charge in [-0.3, -0.25) is 4.79 Å². The van der Waals surface area contributed by atoms with Crippen LogP contribution in [0.4, 0.5) is 0 Å². The summed E-state index contributed by atoms with van der Waals surface area (Å²) in [5, 5.41) is 4.92. The lowest BCUT2D eigenvalue weighted by atomic mass is 10.1. The predicted molar refractivity (Wildman–Crippen MR) is 118 cm³/mol. The maximum atomic E-state index is 13.1. The highest BCUT2D eigenvalue weighted by Crippen LogP contribution is 2.23. The number of benzene rings is 3. The Hall–Kier alpha value is -2.94. The van der Waals surface area contributed by atoms with Gasteiger partial charge >= 0.3 is 0 Å². The summed E-state index contributed by atoms with van der Waals surface area (Å²) in [4.78, 5) is 12.9. The minimum atomic E-state index is -3.78. The number of morpholine rings is 1. The van der Waals surface area contributed by atoms with Crippen molar-refractivity contribution >= 4 is 26.7 Å². The fourth-order valence-electron chi connectivity index (χ4n) is 3.59. The molecule has 7 nitrogen and oxygen atoms in total. The van der Waals surface area contributed by atoms with Crippen LogP contribution in [0.5, 0.6) is 5.75 Å². The Morgan fingerprint density at radius 3 is 2.52 bits per heavy atom. The van der Waals surface area contributed by atoms with E-state index in [2.05, 4.69) is 5.32 Å². The highest BCUT2D eigenvalue weighted by Gasteiger charge is 2.30. The molecule has 0 radical (unpaired) electrons. The molecule has 3 aromatic rings. The van der Waals surface area contributed by atoms with Crippen LogP contribution in [0.2, 0.25) is 0 Å². The van der Waals surface area contributed by atoms with E-state index in [1.165, 1.54) is 16.4 Å². The van der Waals surface area contributed by atoms with Gasteiger partial charge in [0.15, 0.2) is 0 Å². The smallest absolute Gasteiger partial charge is 0.252 e. The number of sulfonamides is 1. The molecule has 1 N–H and O–H groups in total. The molecule has 1 heterocycles. The Balaban J connectivity index is 1.52. The van der Waals surface area contributed by atoms with E-state index in [9.17, 15) is 13.2 Å². The van der Waals surface area contributed by atoms with E-state index in [-0.39, 0.29) is 30.1 Å². The maximum absolute atomic E-state index is 13.1. The Labute approximate surface area is 181 Å². The van der Waals surface area contributed by atoms with Crippen molar-refractivity contribution < 1.29 is 22.7 Å². The van der Waals surface area contributed by atoms with Gasteiger partial charge in [0, 0.05) is 19.6 Å². The second-order valence-electron chi connectivity index (χ2n) is 7.24. The SMILES string of the molecule is COc1ccc2cc(CNC(=O)c3ccccc3S(=O)(=O)N3CCOCC3)ccc2c1. The van der Waals surface area contributed by atoms with Crippen molar-refractivity contribution in [3.63, 3.8) is 0 Å². The minimum absolute atomic E-state index is 0.0139. The quantitative estimate of drug-likeness (QED) is 0.637. The lowest BCUT2D eigenvalue weighted by Gasteiger charge is -2.26. The van der Waals surface area contributed by atoms with E-state index < -0.39 is 15.9 Å². The fraction of sp³-hybridized carbons (Fsp3) is 0.261. The predicted octanol–water partition coefficient (Wildman–Crippen LogP) is 2.80. The van der Waals surface area contributed by atoms with E-state index in [0.29, 0.717) is 13.2 Å². The van der Waals surface area contributed by atoms with Gasteiger partial charge in [-0.15, -0.1) is 0 Å². The number of hydrogen-bond donors (Lipinski definition) is 1. The summed E-state index contributed by atoms with van der Waals surface area (Å²) in [6.07, 6.45) is 0. The Kier molecular flexibility index (Phi) is 6.22. The van der Waals surface area contributed by atoms with Crippen LogP contribution >= 0.6 is 0 Å². The highest BCUT2D eigenvalue weighted by atomic mass is 32.2. The standard InChI is InChI=1S/C23H24N2O5S/c1-29-20-9-8-18-14-17(6-7-19(18)15-20)16-24-23(26)21-4-2-3-5-22(21)31(27,28)25-10-12-30-13-11-25/h2-9,14-15H,10-13,16H2,1H3,(H,24,26). The molecule has 0 aliphatic carbocycles. The molecule has 1 aliphatic heterocycles. The largest absolute Gasteiger partial charge is 0.497 e. The van der Waals surface area contributed by atoms with Gasteiger partial charge < -0.3 is 14.8 Å². The lowest BCUT2D eigenvalue weighted by Crippen LogP contribution is -2.41. The average Bonchev–Trinajstić information content (AvgIpc) is 2.82. The molecule has 4 rings (SSSR count). The second kappa shape index (κ2) is 9.05. The number of nitrogens with zero attached hydrogens (tertiary/aromatic N) is 1. The number of fused-ring (bicyclic) bond motifs is 1. The van der Waals surface area contributed by atoms with Gasteiger partial charge in [0.25, 0.3) is 5.91 Å². The summed E-state index contributed by atoms with van der Waals surface area (Å²) < 4.78 is 38.0. The molecule has 0 saturated carbocycles. The van der Waals surface area contributed by atoms with E-state index in [1.807, 2.05) is 36.4 Å². The van der Waals surface area contributed by atoms with Crippen molar-refractivity contribution in [2.75, 3.05) is 33.4 Å². The molecule has 0 spiro atoms. The number of carbonyl (C=O) groups is 1. The molecular formula is C23H24N2O5S. The van der Waals surface area contributed by atoms with E-state index in [4.69, 9.17) is 9.47 Å². The molecule has 8 heteroatoms. The molecule has 1 aliphatic rings. The molecule has 0 atom stereocenters. The van der Waals surface area contributed by atoms with Crippen LogP contribution in [0.15, 0.2) is 65.6 Å². The first-order valence-corrected chi connectivity index (χ1v) is 11.4. The summed E-state index contributed by atoms with van der Waals surface area (Å²) in [5.74, 6) is 0.355. The molecule has 31 heavy (non-hydrogen) atoms. The monoisotopic (exact) mass is 440 g/mol. The Morgan fingerprint density at radius 2 is 1.74 bits per heavy atom. The van der Waals surface area contributed by atoms with E-state index >= 15 is 0 Å². The van der Waals surface area contributed by atoms with Crippen molar-refractivity contribution in [3.05, 3.63) is 71.8 Å². The van der Waals surface area contributed by atoms with Gasteiger partial charge in [0.2, 0.25) is 10.0 Å². The summed E-state index contributed by atoms with van der Waals surface area (Å²) in [6, 6.07) is 18.0. The van der Waals surface area contributed by atoms with Gasteiger partial charge in [-0.25, -0.2) is 8.42 Å². The van der Waals surface area contributed by atoms with Crippen LogP contribution < -0.4 is 10.1 Å². The van der Waals surface area contributed by atoms with E-state index in [1.54, 1.807) is 19.2 Å². The molecule has 0 aromatic heterocycles. The van der Waals surface area contributed by atoms with Crippen molar-refractivity contribution in [2.24, 2.45) is 0 Å². The van der Waals surface area contributed by atoms with Crippen LogP contribution in [0.1, 0.15) is 15.9 Å². The third kappa shape index (κ3) is 4.56. The summed E-state index contributed by atoms with van der Waals surface area (Å²) in [7, 11) is -2.15. The summed E-state index contributed by atoms with van der Waals surface area (Å²) in [6.45, 7) is 1.54. The van der Waals surface area contributed by atoms with Crippen LogP contribution in [0.25, 0.3) is 10.8 Å². The number of methoxy groups -OCH3 is 1. The number of amides is 1. The zero-order valence-corrected chi connectivity index (χ0v) is 18.0. The van der Waals surface area contributed by atoms with Gasteiger partial charge in [0.1, 0.15) is 5.75 Å². The average molecular weight is 441 g/mol. The molecule has 0 unspecified atom stereocenters. The van der Waals surface area contributed by atoms with Gasteiger partial charge in [-0.2, -0.15) is 4.31 Å². The lowest BCUT2D eigenvalue weighted by molar-refractivity contribution is 0.0730. The van der Waals surface area contributed by atoms with Gasteiger partial charge in [0.05, 0.1) is 30.8 Å². The van der Waals surface area contributed by atoms with Crippen LogP contribution in [0.3, 0.4) is 0 Å². The van der Waals surface area contributed by atoms with Crippen molar-refractivity contribution in [3.8, 4) is 5.75 Å². The minimum Gasteiger partial charge on any atom is -0.497 e. The molecular weight excluding hydrogens is 416 g/mol. The zero-order chi connectivity index (χ0) is 21.8. The third-order valence-electron chi connectivity index (χ3n) is 5.28. The van der Waals surface area contributed by atoms with Crippen LogP contribution in [-0.2, 0) is 21.3 Å². The summed E-state index contributed by atoms with van der Waals surface area (Å²) >= 11 is 0. The highest BCUT2D eigenvalue weighted by molar-refractivity contribution is 7.89. The van der Waals surface area contributed by atoms with E-state index in [0.717, 1.165) is 22.1 Å². The van der Waals surface area contributed by atoms with Gasteiger partial charge in [-0.1, -0.05) is 30.3 Å². The van der Waals surface area contributed by atoms with Crippen molar-refractivity contribution in [1.82, 2.24) is 9.62 Å². The van der Waals surface area contributed by atoms with Crippen molar-refractivity contribution in [1.29, 1.82) is 0 Å². The molecule has 162 valence electrons. The van der Waals surface area contributed by atoms with Crippen LogP contribution in [0, 0.1) is 0 Å². The maximum Gasteiger partial charge on any atom is 0.252 e. The summed E-state index contributed by atoms with van der Waals surface area (Å²) in [5.41, 5.74) is 1.05. The number of carbonyl (C=O) groups excluding carboxylic acids is 1. The first-order valence-electron chi connectivity index (χ1n) is 10.0. The number of nitrogens with one attached hydrogen (secondary N) is 1. The first-order chi connectivity index (χ1) is 15.0. The van der Waals surface area contributed by atoms with Crippen molar-refractivity contribution in [2.45, 2.75) is 11.4 Å². The third-order valence-corrected chi connectivity index (χ3v) is 7.24. The fourth-order valence-corrected chi connectivity index (χ4v) is 5.19. The number of rotatable bonds is 6. The molecule has 1 amide bonds.